The van der Waals surface area contributed by atoms with Gasteiger partial charge in [-0.05, 0) is 20.8 Å². The first kappa shape index (κ1) is 14.7. The Hall–Kier alpha value is -1.30. The number of aliphatic carboxylic acids is 1. The molecule has 0 aliphatic heterocycles. The molecule has 0 unspecified atom stereocenters. The predicted molar refractivity (Wildman–Crippen MR) is 59.4 cm³/mol. The predicted octanol–water partition coefficient (Wildman–Crippen LogP) is 0.575. The van der Waals surface area contributed by atoms with Gasteiger partial charge in [-0.1, -0.05) is 0 Å². The van der Waals surface area contributed by atoms with E-state index in [1.807, 2.05) is 6.92 Å². The number of amides is 2. The van der Waals surface area contributed by atoms with Gasteiger partial charge >= 0.3 is 12.0 Å². The molecule has 0 fully saturated rings. The Morgan fingerprint density at radius 3 is 2.50 bits per heavy atom. The second-order valence-electron chi connectivity index (χ2n) is 4.03. The summed E-state index contributed by atoms with van der Waals surface area (Å²) in [6, 6.07) is -0.383. The maximum atomic E-state index is 11.3. The van der Waals surface area contributed by atoms with Crippen molar-refractivity contribution < 1.29 is 19.4 Å². The molecule has 0 bridgehead atoms. The first-order valence-corrected chi connectivity index (χ1v) is 5.23. The topological polar surface area (TPSA) is 87.7 Å². The third-order valence-electron chi connectivity index (χ3n) is 1.78. The van der Waals surface area contributed by atoms with E-state index in [-0.39, 0.29) is 12.5 Å². The fourth-order valence-electron chi connectivity index (χ4n) is 1.15. The van der Waals surface area contributed by atoms with E-state index in [1.54, 1.807) is 13.8 Å². The van der Waals surface area contributed by atoms with E-state index in [9.17, 15) is 9.59 Å². The summed E-state index contributed by atoms with van der Waals surface area (Å²) >= 11 is 0. The van der Waals surface area contributed by atoms with Crippen molar-refractivity contribution in [1.82, 2.24) is 10.6 Å². The second kappa shape index (κ2) is 7.05. The molecule has 0 spiro atoms. The van der Waals surface area contributed by atoms with Crippen LogP contribution in [0.5, 0.6) is 0 Å². The molecule has 16 heavy (non-hydrogen) atoms. The molecule has 0 aliphatic rings. The lowest BCUT2D eigenvalue weighted by atomic mass is 10.0. The van der Waals surface area contributed by atoms with Crippen molar-refractivity contribution in [2.24, 2.45) is 0 Å². The summed E-state index contributed by atoms with van der Waals surface area (Å²) in [5, 5.41) is 13.8. The Kier molecular flexibility index (Phi) is 6.48. The number of carbonyl (C=O) groups is 2. The molecular weight excluding hydrogens is 212 g/mol. The molecular formula is C10H20N2O4. The molecule has 0 saturated carbocycles. The number of carbonyl (C=O) groups excluding carboxylic acids is 1. The maximum absolute atomic E-state index is 11.3. The van der Waals surface area contributed by atoms with E-state index < -0.39 is 11.5 Å². The molecule has 0 atom stereocenters. The van der Waals surface area contributed by atoms with Crippen LogP contribution in [0.1, 0.15) is 27.2 Å². The van der Waals surface area contributed by atoms with Crippen LogP contribution in [0.2, 0.25) is 0 Å². The molecule has 0 aromatic carbocycles. The fourth-order valence-corrected chi connectivity index (χ4v) is 1.15. The Bertz CT molecular complexity index is 241. The van der Waals surface area contributed by atoms with Gasteiger partial charge in [0, 0.05) is 18.7 Å². The van der Waals surface area contributed by atoms with Crippen LogP contribution in [-0.4, -0.2) is 42.4 Å². The van der Waals surface area contributed by atoms with E-state index in [1.165, 1.54) is 0 Å². The van der Waals surface area contributed by atoms with Crippen LogP contribution < -0.4 is 10.6 Å². The fraction of sp³-hybridized carbons (Fsp3) is 0.800. The number of hydrogen-bond donors (Lipinski definition) is 3. The first-order chi connectivity index (χ1) is 7.37. The molecule has 3 N–H and O–H groups in total. The molecule has 6 nitrogen and oxygen atoms in total. The monoisotopic (exact) mass is 232 g/mol. The number of carboxylic acid groups (broad SMARTS) is 1. The largest absolute Gasteiger partial charge is 0.481 e. The second-order valence-corrected chi connectivity index (χ2v) is 4.03. The van der Waals surface area contributed by atoms with Crippen molar-refractivity contribution in [3.8, 4) is 0 Å². The van der Waals surface area contributed by atoms with Gasteiger partial charge in [0.05, 0.1) is 13.0 Å². The van der Waals surface area contributed by atoms with E-state index in [0.29, 0.717) is 19.8 Å². The quantitative estimate of drug-likeness (QED) is 0.560. The standard InChI is InChI=1S/C10H20N2O4/c1-4-16-6-5-11-9(15)12-10(2,3)7-8(13)14/h4-7H2,1-3H3,(H,13,14)(H2,11,12,15). The number of nitrogens with one attached hydrogen (secondary N) is 2. The van der Waals surface area contributed by atoms with Crippen LogP contribution in [0.4, 0.5) is 4.79 Å². The van der Waals surface area contributed by atoms with Crippen LogP contribution in [-0.2, 0) is 9.53 Å². The smallest absolute Gasteiger partial charge is 0.315 e. The zero-order chi connectivity index (χ0) is 12.6. The highest BCUT2D eigenvalue weighted by atomic mass is 16.5. The summed E-state index contributed by atoms with van der Waals surface area (Å²) in [5.74, 6) is -0.945. The number of hydrogen-bond acceptors (Lipinski definition) is 3. The van der Waals surface area contributed by atoms with Gasteiger partial charge in [0.25, 0.3) is 0 Å². The number of carboxylic acids is 1. The third-order valence-corrected chi connectivity index (χ3v) is 1.78. The van der Waals surface area contributed by atoms with Crippen molar-refractivity contribution in [3.05, 3.63) is 0 Å². The lowest BCUT2D eigenvalue weighted by molar-refractivity contribution is -0.138. The normalized spacial score (nSPS) is 10.9. The molecule has 94 valence electrons. The van der Waals surface area contributed by atoms with Gasteiger partial charge in [0.2, 0.25) is 0 Å². The SMILES string of the molecule is CCOCCNC(=O)NC(C)(C)CC(=O)O. The Morgan fingerprint density at radius 1 is 1.38 bits per heavy atom. The van der Waals surface area contributed by atoms with Crippen LogP contribution >= 0.6 is 0 Å². The Morgan fingerprint density at radius 2 is 2.00 bits per heavy atom. The minimum Gasteiger partial charge on any atom is -0.481 e. The molecule has 0 radical (unpaired) electrons. The highest BCUT2D eigenvalue weighted by molar-refractivity contribution is 5.76. The number of ether oxygens (including phenoxy) is 1. The highest BCUT2D eigenvalue weighted by Crippen LogP contribution is 2.07. The van der Waals surface area contributed by atoms with Gasteiger partial charge in [0.15, 0.2) is 0 Å². The van der Waals surface area contributed by atoms with E-state index >= 15 is 0 Å². The first-order valence-electron chi connectivity index (χ1n) is 5.23. The van der Waals surface area contributed by atoms with Gasteiger partial charge in [-0.15, -0.1) is 0 Å². The van der Waals surface area contributed by atoms with Gasteiger partial charge in [-0.3, -0.25) is 4.79 Å². The van der Waals surface area contributed by atoms with Crippen molar-refractivity contribution >= 4 is 12.0 Å². The maximum Gasteiger partial charge on any atom is 0.315 e. The summed E-state index contributed by atoms with van der Waals surface area (Å²) in [7, 11) is 0. The lowest BCUT2D eigenvalue weighted by Crippen LogP contribution is -2.49. The summed E-state index contributed by atoms with van der Waals surface area (Å²) < 4.78 is 5.04. The molecule has 0 heterocycles. The van der Waals surface area contributed by atoms with Crippen molar-refractivity contribution in [1.29, 1.82) is 0 Å². The lowest BCUT2D eigenvalue weighted by Gasteiger charge is -2.24. The minimum absolute atomic E-state index is 0.119. The van der Waals surface area contributed by atoms with E-state index in [2.05, 4.69) is 10.6 Å². The van der Waals surface area contributed by atoms with Crippen molar-refractivity contribution in [3.63, 3.8) is 0 Å². The number of urea groups is 1. The molecule has 0 saturated heterocycles. The Labute approximate surface area is 95.4 Å². The summed E-state index contributed by atoms with van der Waals surface area (Å²) in [5.41, 5.74) is -0.762. The summed E-state index contributed by atoms with van der Waals surface area (Å²) in [4.78, 5) is 21.8. The molecule has 6 heteroatoms. The van der Waals surface area contributed by atoms with Crippen LogP contribution in [0, 0.1) is 0 Å². The minimum atomic E-state index is -0.945. The molecule has 0 aliphatic carbocycles. The molecule has 0 aromatic rings. The van der Waals surface area contributed by atoms with Gasteiger partial charge < -0.3 is 20.5 Å². The Balaban J connectivity index is 3.80. The van der Waals surface area contributed by atoms with Crippen LogP contribution in [0.3, 0.4) is 0 Å². The average Bonchev–Trinajstić information content (AvgIpc) is 2.09. The molecule has 0 rings (SSSR count). The van der Waals surface area contributed by atoms with Gasteiger partial charge in [0.1, 0.15) is 0 Å². The number of rotatable bonds is 7. The summed E-state index contributed by atoms with van der Waals surface area (Å²) in [6.07, 6.45) is -0.119. The summed E-state index contributed by atoms with van der Waals surface area (Å²) in [6.45, 7) is 6.64. The van der Waals surface area contributed by atoms with E-state index in [4.69, 9.17) is 9.84 Å². The van der Waals surface area contributed by atoms with E-state index in [0.717, 1.165) is 0 Å². The van der Waals surface area contributed by atoms with Crippen molar-refractivity contribution in [2.75, 3.05) is 19.8 Å². The average molecular weight is 232 g/mol. The zero-order valence-electron chi connectivity index (χ0n) is 10.0. The zero-order valence-corrected chi connectivity index (χ0v) is 10.0. The van der Waals surface area contributed by atoms with Crippen molar-refractivity contribution in [2.45, 2.75) is 32.7 Å². The molecule has 0 aromatic heterocycles. The third kappa shape index (κ3) is 8.05. The van der Waals surface area contributed by atoms with Gasteiger partial charge in [-0.2, -0.15) is 0 Å². The highest BCUT2D eigenvalue weighted by Gasteiger charge is 2.23. The van der Waals surface area contributed by atoms with Crippen LogP contribution in [0.15, 0.2) is 0 Å². The van der Waals surface area contributed by atoms with Gasteiger partial charge in [-0.25, -0.2) is 4.79 Å². The van der Waals surface area contributed by atoms with Crippen LogP contribution in [0.25, 0.3) is 0 Å². The molecule has 2 amide bonds.